The summed E-state index contributed by atoms with van der Waals surface area (Å²) in [5.74, 6) is -0.380. The average molecular weight is 464 g/mol. The van der Waals surface area contributed by atoms with Crippen LogP contribution in [0.2, 0.25) is 0 Å². The molecule has 0 radical (unpaired) electrons. The third kappa shape index (κ3) is 4.64. The van der Waals surface area contributed by atoms with Gasteiger partial charge in [-0.15, -0.1) is 0 Å². The fraction of sp³-hybridized carbons (Fsp3) is 0.0833. The van der Waals surface area contributed by atoms with Crippen molar-refractivity contribution in [3.63, 3.8) is 0 Å². The van der Waals surface area contributed by atoms with Crippen molar-refractivity contribution in [2.45, 2.75) is 10.9 Å². The molecule has 3 aromatic carbocycles. The van der Waals surface area contributed by atoms with E-state index in [0.29, 0.717) is 17.1 Å². The van der Waals surface area contributed by atoms with Crippen molar-refractivity contribution >= 4 is 39.3 Å². The van der Waals surface area contributed by atoms with Crippen LogP contribution in [-0.4, -0.2) is 33.4 Å². The van der Waals surface area contributed by atoms with Crippen LogP contribution in [0.1, 0.15) is 5.56 Å². The lowest BCUT2D eigenvalue weighted by molar-refractivity contribution is -0.121. The maximum absolute atomic E-state index is 13.4. The van der Waals surface area contributed by atoms with E-state index in [1.807, 2.05) is 30.3 Å². The largest absolute Gasteiger partial charge is 0.497 e. The van der Waals surface area contributed by atoms with E-state index >= 15 is 0 Å². The van der Waals surface area contributed by atoms with Gasteiger partial charge in [0.15, 0.2) is 0 Å². The Bertz CT molecular complexity index is 1340. The van der Waals surface area contributed by atoms with E-state index in [1.54, 1.807) is 36.4 Å². The molecule has 2 amide bonds. The molecule has 1 heterocycles. The number of nitrogens with zero attached hydrogens (tertiary/aromatic N) is 1. The number of benzene rings is 3. The first-order valence-electron chi connectivity index (χ1n) is 9.96. The first-order chi connectivity index (χ1) is 15.8. The molecule has 0 bridgehead atoms. The highest BCUT2D eigenvalue weighted by Crippen LogP contribution is 2.31. The molecule has 33 heavy (non-hydrogen) atoms. The molecule has 168 valence electrons. The van der Waals surface area contributed by atoms with E-state index in [0.717, 1.165) is 10.5 Å². The summed E-state index contributed by atoms with van der Waals surface area (Å²) in [5.41, 5.74) is 1.70. The van der Waals surface area contributed by atoms with Gasteiger partial charge in [-0.25, -0.2) is 18.5 Å². The second-order valence-electron chi connectivity index (χ2n) is 7.34. The highest BCUT2D eigenvalue weighted by Gasteiger charge is 2.44. The Kier molecular flexibility index (Phi) is 5.99. The van der Waals surface area contributed by atoms with Crippen LogP contribution in [0.15, 0.2) is 89.3 Å². The molecule has 0 saturated carbocycles. The van der Waals surface area contributed by atoms with E-state index in [1.165, 1.54) is 25.3 Å². The van der Waals surface area contributed by atoms with E-state index < -0.39 is 27.9 Å². The molecule has 0 aromatic heterocycles. The van der Waals surface area contributed by atoms with Crippen LogP contribution in [0.5, 0.6) is 5.75 Å². The van der Waals surface area contributed by atoms with Gasteiger partial charge in [-0.1, -0.05) is 36.4 Å². The molecule has 1 fully saturated rings. The minimum atomic E-state index is -3.93. The molecule has 1 unspecified atom stereocenters. The Morgan fingerprint density at radius 2 is 1.67 bits per heavy atom. The monoisotopic (exact) mass is 463 g/mol. The number of imide groups is 1. The number of nitrogens with two attached hydrogens (primary N) is 1. The van der Waals surface area contributed by atoms with E-state index in [-0.39, 0.29) is 10.5 Å². The normalized spacial score (nSPS) is 17.5. The number of carbonyl (C=O) groups is 2. The number of carbonyl (C=O) groups excluding carboxylic acids is 2. The molecule has 4 rings (SSSR count). The Hall–Kier alpha value is -3.95. The van der Waals surface area contributed by atoms with Crippen LogP contribution in [0.4, 0.5) is 11.4 Å². The lowest BCUT2D eigenvalue weighted by Crippen LogP contribution is -2.34. The number of anilines is 2. The van der Waals surface area contributed by atoms with Gasteiger partial charge >= 0.3 is 0 Å². The number of sulfonamides is 1. The zero-order chi connectivity index (χ0) is 23.6. The first-order valence-corrected chi connectivity index (χ1v) is 11.5. The fourth-order valence-corrected chi connectivity index (χ4v) is 4.09. The van der Waals surface area contributed by atoms with Gasteiger partial charge in [-0.05, 0) is 54.1 Å². The minimum absolute atomic E-state index is 0.107. The van der Waals surface area contributed by atoms with Gasteiger partial charge in [-0.2, -0.15) is 0 Å². The van der Waals surface area contributed by atoms with Crippen molar-refractivity contribution in [3.05, 3.63) is 90.0 Å². The number of nitrogens with one attached hydrogen (secondary N) is 1. The Balaban J connectivity index is 1.76. The van der Waals surface area contributed by atoms with Gasteiger partial charge in [0.1, 0.15) is 11.8 Å². The highest BCUT2D eigenvalue weighted by molar-refractivity contribution is 7.89. The molecule has 9 heteroatoms. The van der Waals surface area contributed by atoms with Crippen molar-refractivity contribution in [1.82, 2.24) is 0 Å². The van der Waals surface area contributed by atoms with Crippen LogP contribution in [0.3, 0.4) is 0 Å². The number of hydrogen-bond donors (Lipinski definition) is 2. The lowest BCUT2D eigenvalue weighted by Gasteiger charge is -2.16. The number of amides is 2. The maximum Gasteiger partial charge on any atom is 0.263 e. The van der Waals surface area contributed by atoms with Crippen LogP contribution in [-0.2, 0) is 19.6 Å². The van der Waals surface area contributed by atoms with Crippen molar-refractivity contribution < 1.29 is 22.7 Å². The van der Waals surface area contributed by atoms with Crippen LogP contribution in [0.25, 0.3) is 6.08 Å². The molecule has 1 aliphatic heterocycles. The minimum Gasteiger partial charge on any atom is -0.497 e. The van der Waals surface area contributed by atoms with Gasteiger partial charge in [0, 0.05) is 5.69 Å². The molecular weight excluding hydrogens is 442 g/mol. The summed E-state index contributed by atoms with van der Waals surface area (Å²) in [6, 6.07) is 20.5. The van der Waals surface area contributed by atoms with Gasteiger partial charge in [0.05, 0.1) is 23.3 Å². The predicted octanol–water partition coefficient (Wildman–Crippen LogP) is 2.78. The second-order valence-corrected chi connectivity index (χ2v) is 8.90. The van der Waals surface area contributed by atoms with Crippen LogP contribution in [0, 0.1) is 0 Å². The smallest absolute Gasteiger partial charge is 0.263 e. The van der Waals surface area contributed by atoms with Crippen LogP contribution >= 0.6 is 0 Å². The molecule has 1 saturated heterocycles. The Labute approximate surface area is 191 Å². The number of primary sulfonamides is 1. The molecular formula is C24H21N3O5S. The van der Waals surface area contributed by atoms with Gasteiger partial charge in [0.25, 0.3) is 11.8 Å². The third-order valence-electron chi connectivity index (χ3n) is 5.15. The number of hydrogen-bond acceptors (Lipinski definition) is 6. The number of methoxy groups -OCH3 is 1. The zero-order valence-corrected chi connectivity index (χ0v) is 18.5. The molecule has 0 aliphatic carbocycles. The van der Waals surface area contributed by atoms with Gasteiger partial charge in [-0.3, -0.25) is 9.59 Å². The molecule has 1 aliphatic rings. The SMILES string of the molecule is COc1ccc(N2C(=O)C(=Cc3ccccc3)C(Nc3cccc(S(N)(=O)=O)c3)C2=O)cc1. The average Bonchev–Trinajstić information content (AvgIpc) is 3.03. The van der Waals surface area contributed by atoms with Crippen LogP contribution < -0.4 is 20.1 Å². The van der Waals surface area contributed by atoms with Gasteiger partial charge < -0.3 is 10.1 Å². The number of rotatable bonds is 6. The predicted molar refractivity (Wildman–Crippen MR) is 125 cm³/mol. The first kappa shape index (κ1) is 22.3. The summed E-state index contributed by atoms with van der Waals surface area (Å²) in [6.45, 7) is 0. The van der Waals surface area contributed by atoms with Gasteiger partial charge in [0.2, 0.25) is 10.0 Å². The van der Waals surface area contributed by atoms with Crippen molar-refractivity contribution in [1.29, 1.82) is 0 Å². The molecule has 1 atom stereocenters. The lowest BCUT2D eigenvalue weighted by atomic mass is 10.1. The standard InChI is InChI=1S/C24H21N3O5S/c1-32-19-12-10-18(11-13-19)27-23(28)21(14-16-6-3-2-4-7-16)22(24(27)29)26-17-8-5-9-20(15-17)33(25,30)31/h2-15,22,26H,1H3,(H2,25,30,31). The summed E-state index contributed by atoms with van der Waals surface area (Å²) < 4.78 is 28.6. The Morgan fingerprint density at radius 1 is 0.970 bits per heavy atom. The van der Waals surface area contributed by atoms with E-state index in [2.05, 4.69) is 5.32 Å². The summed E-state index contributed by atoms with van der Waals surface area (Å²) in [4.78, 5) is 27.7. The third-order valence-corrected chi connectivity index (χ3v) is 6.07. The number of ether oxygens (including phenoxy) is 1. The molecule has 0 spiro atoms. The fourth-order valence-electron chi connectivity index (χ4n) is 3.53. The molecule has 8 nitrogen and oxygen atoms in total. The maximum atomic E-state index is 13.4. The molecule has 3 N–H and O–H groups in total. The summed E-state index contributed by atoms with van der Waals surface area (Å²) in [5, 5.41) is 8.23. The summed E-state index contributed by atoms with van der Waals surface area (Å²) >= 11 is 0. The van der Waals surface area contributed by atoms with Crippen molar-refractivity contribution in [2.24, 2.45) is 5.14 Å². The topological polar surface area (TPSA) is 119 Å². The summed E-state index contributed by atoms with van der Waals surface area (Å²) in [7, 11) is -2.41. The van der Waals surface area contributed by atoms with E-state index in [4.69, 9.17) is 9.88 Å². The van der Waals surface area contributed by atoms with Crippen molar-refractivity contribution in [2.75, 3.05) is 17.3 Å². The quantitative estimate of drug-likeness (QED) is 0.429. The second kappa shape index (κ2) is 8.89. The Morgan fingerprint density at radius 3 is 2.30 bits per heavy atom. The summed E-state index contributed by atoms with van der Waals surface area (Å²) in [6.07, 6.45) is 1.64. The highest BCUT2D eigenvalue weighted by atomic mass is 32.2. The zero-order valence-electron chi connectivity index (χ0n) is 17.6. The van der Waals surface area contributed by atoms with E-state index in [9.17, 15) is 18.0 Å². The van der Waals surface area contributed by atoms with Crippen molar-refractivity contribution in [3.8, 4) is 5.75 Å². The molecule has 3 aromatic rings.